The Morgan fingerprint density at radius 2 is 1.96 bits per heavy atom. The second kappa shape index (κ2) is 8.35. The van der Waals surface area contributed by atoms with Gasteiger partial charge in [0.05, 0.1) is 22.2 Å². The lowest BCUT2D eigenvalue weighted by atomic mass is 10.1. The molecule has 8 heteroatoms. The van der Waals surface area contributed by atoms with E-state index in [4.69, 9.17) is 0 Å². The van der Waals surface area contributed by atoms with Crippen LogP contribution in [0.25, 0.3) is 0 Å². The molecule has 1 saturated carbocycles. The summed E-state index contributed by atoms with van der Waals surface area (Å²) < 4.78 is 0. The number of amides is 1. The first-order valence-corrected chi connectivity index (χ1v) is 9.47. The van der Waals surface area contributed by atoms with E-state index in [9.17, 15) is 20.2 Å². The molecular weight excluding hydrogens is 346 g/mol. The van der Waals surface area contributed by atoms with Crippen molar-refractivity contribution in [1.82, 2.24) is 10.2 Å². The van der Waals surface area contributed by atoms with Crippen molar-refractivity contribution in [2.24, 2.45) is 0 Å². The van der Waals surface area contributed by atoms with Gasteiger partial charge >= 0.3 is 0 Å². The van der Waals surface area contributed by atoms with Gasteiger partial charge in [0.2, 0.25) is 5.91 Å². The van der Waals surface area contributed by atoms with Crippen molar-refractivity contribution in [3.05, 3.63) is 33.9 Å². The standard InChI is InChI=1S/C19H25N5O3/c1-14(19(25)21-16-4-2-3-5-16)22-8-10-23(11-9-22)18-7-6-17(24(26)27)12-15(18)13-20/h6-7,12,14,16H,2-5,8-11H2,1H3,(H,21,25). The third kappa shape index (κ3) is 4.37. The predicted octanol–water partition coefficient (Wildman–Crippen LogP) is 2.04. The Bertz CT molecular complexity index is 746. The van der Waals surface area contributed by atoms with Gasteiger partial charge in [0.25, 0.3) is 5.69 Å². The maximum absolute atomic E-state index is 12.5. The fraction of sp³-hybridized carbons (Fsp3) is 0.579. The molecule has 1 heterocycles. The van der Waals surface area contributed by atoms with E-state index in [2.05, 4.69) is 21.2 Å². The molecule has 1 atom stereocenters. The molecule has 0 radical (unpaired) electrons. The third-order valence-corrected chi connectivity index (χ3v) is 5.60. The average Bonchev–Trinajstić information content (AvgIpc) is 3.20. The second-order valence-corrected chi connectivity index (χ2v) is 7.26. The van der Waals surface area contributed by atoms with E-state index in [1.54, 1.807) is 6.07 Å². The van der Waals surface area contributed by atoms with Crippen molar-refractivity contribution in [3.63, 3.8) is 0 Å². The Balaban J connectivity index is 1.59. The Kier molecular flexibility index (Phi) is 5.91. The highest BCUT2D eigenvalue weighted by Crippen LogP contribution is 2.26. The molecule has 3 rings (SSSR count). The summed E-state index contributed by atoms with van der Waals surface area (Å²) in [5, 5.41) is 23.4. The Morgan fingerprint density at radius 1 is 1.30 bits per heavy atom. The maximum Gasteiger partial charge on any atom is 0.270 e. The minimum Gasteiger partial charge on any atom is -0.368 e. The number of nitrogens with zero attached hydrogens (tertiary/aromatic N) is 4. The van der Waals surface area contributed by atoms with E-state index >= 15 is 0 Å². The molecule has 1 saturated heterocycles. The van der Waals surface area contributed by atoms with Crippen LogP contribution in [-0.2, 0) is 4.79 Å². The summed E-state index contributed by atoms with van der Waals surface area (Å²) in [5.74, 6) is 0.0865. The zero-order valence-electron chi connectivity index (χ0n) is 15.6. The van der Waals surface area contributed by atoms with Crippen molar-refractivity contribution >= 4 is 17.3 Å². The van der Waals surface area contributed by atoms with Crippen LogP contribution in [-0.4, -0.2) is 54.0 Å². The SMILES string of the molecule is CC(C(=O)NC1CCCC1)N1CCN(c2ccc([N+](=O)[O-])cc2C#N)CC1. The average molecular weight is 371 g/mol. The molecule has 1 unspecified atom stereocenters. The van der Waals surface area contributed by atoms with E-state index in [-0.39, 0.29) is 17.6 Å². The van der Waals surface area contributed by atoms with Gasteiger partial charge in [-0.1, -0.05) is 12.8 Å². The van der Waals surface area contributed by atoms with Crippen LogP contribution in [0.5, 0.6) is 0 Å². The van der Waals surface area contributed by atoms with Crippen LogP contribution >= 0.6 is 0 Å². The number of hydrogen-bond donors (Lipinski definition) is 1. The van der Waals surface area contributed by atoms with Crippen molar-refractivity contribution in [3.8, 4) is 6.07 Å². The lowest BCUT2D eigenvalue weighted by molar-refractivity contribution is -0.384. The minimum absolute atomic E-state index is 0.0776. The molecule has 1 aromatic rings. The van der Waals surface area contributed by atoms with Crippen molar-refractivity contribution in [1.29, 1.82) is 5.26 Å². The molecule has 1 aliphatic heterocycles. The van der Waals surface area contributed by atoms with E-state index in [0.717, 1.165) is 12.8 Å². The number of piperazine rings is 1. The van der Waals surface area contributed by atoms with Crippen LogP contribution in [0.4, 0.5) is 11.4 Å². The maximum atomic E-state index is 12.5. The first-order valence-electron chi connectivity index (χ1n) is 9.47. The number of carbonyl (C=O) groups excluding carboxylic acids is 1. The van der Waals surface area contributed by atoms with Gasteiger partial charge in [-0.25, -0.2) is 0 Å². The molecule has 27 heavy (non-hydrogen) atoms. The molecule has 2 aliphatic rings. The van der Waals surface area contributed by atoms with Gasteiger partial charge in [-0.3, -0.25) is 19.8 Å². The lowest BCUT2D eigenvalue weighted by Crippen LogP contribution is -2.55. The van der Waals surface area contributed by atoms with Gasteiger partial charge in [-0.15, -0.1) is 0 Å². The molecule has 2 fully saturated rings. The van der Waals surface area contributed by atoms with E-state index in [0.29, 0.717) is 43.5 Å². The zero-order chi connectivity index (χ0) is 19.4. The van der Waals surface area contributed by atoms with E-state index < -0.39 is 4.92 Å². The van der Waals surface area contributed by atoms with E-state index in [1.165, 1.54) is 25.0 Å². The minimum atomic E-state index is -0.493. The van der Waals surface area contributed by atoms with Crippen LogP contribution in [0.15, 0.2) is 18.2 Å². The van der Waals surface area contributed by atoms with Gasteiger partial charge in [0.15, 0.2) is 0 Å². The van der Waals surface area contributed by atoms with Crippen molar-refractivity contribution in [2.75, 3.05) is 31.1 Å². The molecule has 0 bridgehead atoms. The number of anilines is 1. The fourth-order valence-corrected chi connectivity index (χ4v) is 3.91. The summed E-state index contributed by atoms with van der Waals surface area (Å²) >= 11 is 0. The molecule has 1 N–H and O–H groups in total. The third-order valence-electron chi connectivity index (χ3n) is 5.60. The van der Waals surface area contributed by atoms with Crippen LogP contribution < -0.4 is 10.2 Å². The summed E-state index contributed by atoms with van der Waals surface area (Å²) in [5.41, 5.74) is 0.946. The normalized spacial score (nSPS) is 19.5. The van der Waals surface area contributed by atoms with Gasteiger partial charge in [0, 0.05) is 44.4 Å². The number of benzene rings is 1. The topological polar surface area (TPSA) is 103 Å². The van der Waals surface area contributed by atoms with E-state index in [1.807, 2.05) is 6.92 Å². The first kappa shape index (κ1) is 19.1. The Morgan fingerprint density at radius 3 is 2.56 bits per heavy atom. The number of hydrogen-bond acceptors (Lipinski definition) is 6. The molecular formula is C19H25N5O3. The van der Waals surface area contributed by atoms with Crippen molar-refractivity contribution in [2.45, 2.75) is 44.7 Å². The first-order chi connectivity index (χ1) is 13.0. The van der Waals surface area contributed by atoms with Crippen LogP contribution in [0.1, 0.15) is 38.2 Å². The number of nitriles is 1. The molecule has 8 nitrogen and oxygen atoms in total. The summed E-state index contributed by atoms with van der Waals surface area (Å²) in [6, 6.07) is 6.59. The Labute approximate surface area is 158 Å². The van der Waals surface area contributed by atoms with Crippen molar-refractivity contribution < 1.29 is 9.72 Å². The molecule has 1 aliphatic carbocycles. The van der Waals surface area contributed by atoms with Gasteiger partial charge in [-0.05, 0) is 25.8 Å². The number of carbonyl (C=O) groups is 1. The molecule has 144 valence electrons. The highest BCUT2D eigenvalue weighted by Gasteiger charge is 2.28. The van der Waals surface area contributed by atoms with Crippen LogP contribution in [0.3, 0.4) is 0 Å². The number of non-ortho nitro benzene ring substituents is 1. The largest absolute Gasteiger partial charge is 0.368 e. The highest BCUT2D eigenvalue weighted by atomic mass is 16.6. The van der Waals surface area contributed by atoms with Gasteiger partial charge in [-0.2, -0.15) is 5.26 Å². The molecule has 1 aromatic carbocycles. The fourth-order valence-electron chi connectivity index (χ4n) is 3.91. The summed E-state index contributed by atoms with van der Waals surface area (Å²) in [6.45, 7) is 4.70. The van der Waals surface area contributed by atoms with Gasteiger partial charge < -0.3 is 10.2 Å². The number of rotatable bonds is 5. The van der Waals surface area contributed by atoms with Gasteiger partial charge in [0.1, 0.15) is 6.07 Å². The predicted molar refractivity (Wildman–Crippen MR) is 101 cm³/mol. The number of nitro benzene ring substituents is 1. The van der Waals surface area contributed by atoms with Crippen LogP contribution in [0.2, 0.25) is 0 Å². The van der Waals surface area contributed by atoms with Crippen LogP contribution in [0, 0.1) is 21.4 Å². The second-order valence-electron chi connectivity index (χ2n) is 7.26. The highest BCUT2D eigenvalue weighted by molar-refractivity contribution is 5.81. The molecule has 0 spiro atoms. The smallest absolute Gasteiger partial charge is 0.270 e. The monoisotopic (exact) mass is 371 g/mol. The quantitative estimate of drug-likeness (QED) is 0.628. The Hall–Kier alpha value is -2.66. The summed E-state index contributed by atoms with van der Waals surface area (Å²) in [4.78, 5) is 27.1. The molecule has 1 amide bonds. The lowest BCUT2D eigenvalue weighted by Gasteiger charge is -2.39. The summed E-state index contributed by atoms with van der Waals surface area (Å²) in [6.07, 6.45) is 4.52. The molecule has 0 aromatic heterocycles. The zero-order valence-corrected chi connectivity index (χ0v) is 15.6. The number of nitrogens with one attached hydrogen (secondary N) is 1. The number of nitro groups is 1. The summed E-state index contributed by atoms with van der Waals surface area (Å²) in [7, 11) is 0.